The van der Waals surface area contributed by atoms with Gasteiger partial charge in [-0.3, -0.25) is 4.68 Å². The number of morpholine rings is 1. The lowest BCUT2D eigenvalue weighted by Crippen LogP contribution is -2.37. The second-order valence-corrected chi connectivity index (χ2v) is 8.79. The predicted molar refractivity (Wildman–Crippen MR) is 129 cm³/mol. The SMILES string of the molecule is CN(C)Cc1ccc2nn(-c3cc(N4CCOCC4)nc(OCCc4cnn(C)c4)n3)cc2c1. The van der Waals surface area contributed by atoms with Crippen molar-refractivity contribution in [3.8, 4) is 11.8 Å². The molecule has 0 amide bonds. The number of aromatic nitrogens is 6. The highest BCUT2D eigenvalue weighted by atomic mass is 16.5. The van der Waals surface area contributed by atoms with Crippen LogP contribution in [0.5, 0.6) is 6.01 Å². The fourth-order valence-electron chi connectivity index (χ4n) is 4.05. The highest BCUT2D eigenvalue weighted by Crippen LogP contribution is 2.23. The van der Waals surface area contributed by atoms with Gasteiger partial charge in [0.1, 0.15) is 5.82 Å². The van der Waals surface area contributed by atoms with Crippen LogP contribution in [0.15, 0.2) is 42.9 Å². The summed E-state index contributed by atoms with van der Waals surface area (Å²) in [7, 11) is 6.04. The Morgan fingerprint density at radius 1 is 1.03 bits per heavy atom. The molecule has 5 rings (SSSR count). The highest BCUT2D eigenvalue weighted by Gasteiger charge is 2.17. The van der Waals surface area contributed by atoms with Crippen molar-refractivity contribution in [2.24, 2.45) is 7.05 Å². The number of rotatable bonds is 8. The van der Waals surface area contributed by atoms with E-state index in [9.17, 15) is 0 Å². The van der Waals surface area contributed by atoms with Gasteiger partial charge in [-0.25, -0.2) is 4.68 Å². The molecule has 4 aromatic rings. The van der Waals surface area contributed by atoms with Crippen LogP contribution in [0.1, 0.15) is 11.1 Å². The van der Waals surface area contributed by atoms with Gasteiger partial charge in [-0.15, -0.1) is 0 Å². The molecule has 0 saturated carbocycles. The summed E-state index contributed by atoms with van der Waals surface area (Å²) in [5.41, 5.74) is 3.28. The van der Waals surface area contributed by atoms with E-state index in [0.29, 0.717) is 31.6 Å². The van der Waals surface area contributed by atoms with Crippen molar-refractivity contribution in [3.05, 3.63) is 54.0 Å². The molecule has 0 N–H and O–H groups in total. The van der Waals surface area contributed by atoms with Crippen LogP contribution >= 0.6 is 0 Å². The first-order valence-electron chi connectivity index (χ1n) is 11.5. The predicted octanol–water partition coefficient (Wildman–Crippen LogP) is 2.07. The normalized spacial score (nSPS) is 14.3. The summed E-state index contributed by atoms with van der Waals surface area (Å²) >= 11 is 0. The Morgan fingerprint density at radius 3 is 2.62 bits per heavy atom. The number of nitrogens with zero attached hydrogens (tertiary/aromatic N) is 8. The Hall–Kier alpha value is -3.50. The molecule has 0 radical (unpaired) electrons. The molecule has 10 nitrogen and oxygen atoms in total. The summed E-state index contributed by atoms with van der Waals surface area (Å²) < 4.78 is 15.1. The van der Waals surface area contributed by atoms with E-state index in [0.717, 1.165) is 48.3 Å². The number of aryl methyl sites for hydroxylation is 1. The first-order chi connectivity index (χ1) is 16.5. The molecule has 3 aromatic heterocycles. The van der Waals surface area contributed by atoms with Crippen molar-refractivity contribution in [2.75, 3.05) is 51.9 Å². The maximum atomic E-state index is 5.99. The lowest BCUT2D eigenvalue weighted by atomic mass is 10.1. The van der Waals surface area contributed by atoms with E-state index in [1.165, 1.54) is 5.56 Å². The van der Waals surface area contributed by atoms with Crippen molar-refractivity contribution in [1.82, 2.24) is 34.4 Å². The largest absolute Gasteiger partial charge is 0.463 e. The van der Waals surface area contributed by atoms with E-state index in [1.54, 1.807) is 4.68 Å². The standard InChI is InChI=1S/C24H30N8O2/c1-29(2)15-18-4-5-21-20(12-18)17-32(28-21)23-13-22(31-7-10-33-11-8-31)26-24(27-23)34-9-6-19-14-25-30(3)16-19/h4-5,12-14,16-17H,6-11,15H2,1-3H3. The Kier molecular flexibility index (Phi) is 6.41. The van der Waals surface area contributed by atoms with Gasteiger partial charge in [0, 0.05) is 56.9 Å². The molecule has 178 valence electrons. The topological polar surface area (TPSA) is 86.4 Å². The molecule has 0 aliphatic carbocycles. The molecule has 0 spiro atoms. The first-order valence-corrected chi connectivity index (χ1v) is 11.5. The summed E-state index contributed by atoms with van der Waals surface area (Å²) in [4.78, 5) is 13.7. The average Bonchev–Trinajstić information content (AvgIpc) is 3.45. The van der Waals surface area contributed by atoms with E-state index in [1.807, 2.05) is 36.4 Å². The van der Waals surface area contributed by atoms with Crippen LogP contribution in [0.2, 0.25) is 0 Å². The highest BCUT2D eigenvalue weighted by molar-refractivity contribution is 5.79. The van der Waals surface area contributed by atoms with E-state index < -0.39 is 0 Å². The van der Waals surface area contributed by atoms with Gasteiger partial charge < -0.3 is 19.3 Å². The summed E-state index contributed by atoms with van der Waals surface area (Å²) in [5, 5.41) is 10.0. The average molecular weight is 463 g/mol. The molecule has 1 aliphatic heterocycles. The molecule has 0 atom stereocenters. The number of fused-ring (bicyclic) bond motifs is 1. The van der Waals surface area contributed by atoms with Crippen LogP contribution < -0.4 is 9.64 Å². The Labute approximate surface area is 198 Å². The Balaban J connectivity index is 1.43. The zero-order chi connectivity index (χ0) is 23.5. The molecule has 34 heavy (non-hydrogen) atoms. The van der Waals surface area contributed by atoms with Gasteiger partial charge in [0.25, 0.3) is 0 Å². The zero-order valence-corrected chi connectivity index (χ0v) is 19.9. The van der Waals surface area contributed by atoms with E-state index in [2.05, 4.69) is 57.2 Å². The smallest absolute Gasteiger partial charge is 0.320 e. The third kappa shape index (κ3) is 5.18. The molecular weight excluding hydrogens is 432 g/mol. The summed E-state index contributed by atoms with van der Waals surface area (Å²) in [6.07, 6.45) is 6.58. The minimum absolute atomic E-state index is 0.343. The molecule has 0 unspecified atom stereocenters. The van der Waals surface area contributed by atoms with Gasteiger partial charge in [-0.05, 0) is 37.4 Å². The van der Waals surface area contributed by atoms with Gasteiger partial charge in [-0.2, -0.15) is 20.2 Å². The van der Waals surface area contributed by atoms with Crippen molar-refractivity contribution < 1.29 is 9.47 Å². The maximum absolute atomic E-state index is 5.99. The van der Waals surface area contributed by atoms with E-state index >= 15 is 0 Å². The summed E-state index contributed by atoms with van der Waals surface area (Å²) in [6, 6.07) is 8.65. The second-order valence-electron chi connectivity index (χ2n) is 8.79. The van der Waals surface area contributed by atoms with Crippen LogP contribution in [-0.2, 0) is 24.8 Å². The molecule has 1 saturated heterocycles. The van der Waals surface area contributed by atoms with Gasteiger partial charge >= 0.3 is 6.01 Å². The van der Waals surface area contributed by atoms with Crippen LogP contribution in [0.3, 0.4) is 0 Å². The number of ether oxygens (including phenoxy) is 2. The van der Waals surface area contributed by atoms with Crippen LogP contribution in [-0.4, -0.2) is 81.4 Å². The molecule has 1 aliphatic rings. The quantitative estimate of drug-likeness (QED) is 0.393. The second kappa shape index (κ2) is 9.78. The third-order valence-corrected chi connectivity index (χ3v) is 5.70. The van der Waals surface area contributed by atoms with Crippen LogP contribution in [0.25, 0.3) is 16.7 Å². The fraction of sp³-hybridized carbons (Fsp3) is 0.417. The zero-order valence-electron chi connectivity index (χ0n) is 19.9. The molecule has 4 heterocycles. The Bertz CT molecular complexity index is 1260. The van der Waals surface area contributed by atoms with Gasteiger partial charge in [0.2, 0.25) is 0 Å². The minimum Gasteiger partial charge on any atom is -0.463 e. The summed E-state index contributed by atoms with van der Waals surface area (Å²) in [5.74, 6) is 1.50. The Morgan fingerprint density at radius 2 is 1.85 bits per heavy atom. The number of anilines is 1. The van der Waals surface area contributed by atoms with E-state index in [4.69, 9.17) is 14.6 Å². The van der Waals surface area contributed by atoms with Crippen molar-refractivity contribution in [1.29, 1.82) is 0 Å². The van der Waals surface area contributed by atoms with Crippen LogP contribution in [0, 0.1) is 0 Å². The molecule has 1 aromatic carbocycles. The maximum Gasteiger partial charge on any atom is 0.320 e. The van der Waals surface area contributed by atoms with Crippen LogP contribution in [0.4, 0.5) is 5.82 Å². The van der Waals surface area contributed by atoms with Crippen molar-refractivity contribution in [3.63, 3.8) is 0 Å². The number of hydrogen-bond acceptors (Lipinski definition) is 8. The third-order valence-electron chi connectivity index (χ3n) is 5.70. The summed E-state index contributed by atoms with van der Waals surface area (Å²) in [6.45, 7) is 4.26. The first kappa shape index (κ1) is 22.3. The van der Waals surface area contributed by atoms with Crippen molar-refractivity contribution >= 4 is 16.7 Å². The molecule has 0 bridgehead atoms. The molecular formula is C24H30N8O2. The fourth-order valence-corrected chi connectivity index (χ4v) is 4.05. The van der Waals surface area contributed by atoms with Crippen molar-refractivity contribution in [2.45, 2.75) is 13.0 Å². The van der Waals surface area contributed by atoms with Gasteiger partial charge in [0.15, 0.2) is 5.82 Å². The number of benzene rings is 1. The molecule has 1 fully saturated rings. The minimum atomic E-state index is 0.343. The molecule has 10 heteroatoms. The lowest BCUT2D eigenvalue weighted by molar-refractivity contribution is 0.122. The monoisotopic (exact) mass is 462 g/mol. The van der Waals surface area contributed by atoms with E-state index in [-0.39, 0.29) is 0 Å². The number of hydrogen-bond donors (Lipinski definition) is 0. The van der Waals surface area contributed by atoms with Gasteiger partial charge in [-0.1, -0.05) is 6.07 Å². The van der Waals surface area contributed by atoms with Gasteiger partial charge in [0.05, 0.1) is 31.5 Å². The lowest BCUT2D eigenvalue weighted by Gasteiger charge is -2.28.